The zero-order chi connectivity index (χ0) is 20.0. The summed E-state index contributed by atoms with van der Waals surface area (Å²) in [5.74, 6) is -0.294. The molecule has 146 valence electrons. The SMILES string of the molecule is O=C(NCCC(c1ccccc1)c1ccccc1)Nc1cc(C(F)(F)F)no1. The number of hydrogen-bond acceptors (Lipinski definition) is 3. The maximum Gasteiger partial charge on any atom is 0.436 e. The predicted octanol–water partition coefficient (Wildman–Crippen LogP) is 5.04. The Labute approximate surface area is 159 Å². The summed E-state index contributed by atoms with van der Waals surface area (Å²) in [5.41, 5.74) is 1.03. The fraction of sp³-hybridized carbons (Fsp3) is 0.200. The van der Waals surface area contributed by atoms with Gasteiger partial charge in [0.15, 0.2) is 5.69 Å². The van der Waals surface area contributed by atoms with Crippen molar-refractivity contribution in [2.24, 2.45) is 0 Å². The second-order valence-electron chi connectivity index (χ2n) is 6.12. The molecule has 3 rings (SSSR count). The molecule has 0 fully saturated rings. The Morgan fingerprint density at radius 3 is 2.07 bits per heavy atom. The van der Waals surface area contributed by atoms with E-state index in [0.29, 0.717) is 19.0 Å². The van der Waals surface area contributed by atoms with E-state index >= 15 is 0 Å². The fourth-order valence-corrected chi connectivity index (χ4v) is 2.85. The molecule has 0 saturated heterocycles. The van der Waals surface area contributed by atoms with Crippen LogP contribution in [0.3, 0.4) is 0 Å². The van der Waals surface area contributed by atoms with Crippen molar-refractivity contribution < 1.29 is 22.5 Å². The summed E-state index contributed by atoms with van der Waals surface area (Å²) in [6, 6.07) is 19.7. The number of amides is 2. The summed E-state index contributed by atoms with van der Waals surface area (Å²) in [4.78, 5) is 11.9. The Morgan fingerprint density at radius 1 is 1.00 bits per heavy atom. The van der Waals surface area contributed by atoms with E-state index in [9.17, 15) is 18.0 Å². The van der Waals surface area contributed by atoms with Gasteiger partial charge in [-0.15, -0.1) is 0 Å². The maximum atomic E-state index is 12.5. The molecule has 0 atom stereocenters. The third kappa shape index (κ3) is 5.12. The largest absolute Gasteiger partial charge is 0.436 e. The van der Waals surface area contributed by atoms with Gasteiger partial charge in [0.05, 0.1) is 0 Å². The van der Waals surface area contributed by atoms with Crippen molar-refractivity contribution in [3.63, 3.8) is 0 Å². The van der Waals surface area contributed by atoms with Crippen molar-refractivity contribution in [1.82, 2.24) is 10.5 Å². The standard InChI is InChI=1S/C20H18F3N3O2/c21-20(22,23)17-13-18(28-26-17)25-19(27)24-12-11-16(14-7-3-1-4-8-14)15-9-5-2-6-10-15/h1-10,13,16H,11-12H2,(H2,24,25,27). The number of carbonyl (C=O) groups excluding carboxylic acids is 1. The highest BCUT2D eigenvalue weighted by Crippen LogP contribution is 2.30. The van der Waals surface area contributed by atoms with Crippen molar-refractivity contribution in [2.75, 3.05) is 11.9 Å². The van der Waals surface area contributed by atoms with Crippen LogP contribution in [0.4, 0.5) is 23.8 Å². The molecule has 0 unspecified atom stereocenters. The van der Waals surface area contributed by atoms with E-state index in [0.717, 1.165) is 11.1 Å². The monoisotopic (exact) mass is 389 g/mol. The van der Waals surface area contributed by atoms with E-state index in [1.165, 1.54) is 0 Å². The summed E-state index contributed by atoms with van der Waals surface area (Å²) in [6.07, 6.45) is -4.01. The lowest BCUT2D eigenvalue weighted by Crippen LogP contribution is -2.30. The number of hydrogen-bond donors (Lipinski definition) is 2. The Bertz CT molecular complexity index is 856. The molecule has 8 heteroatoms. The van der Waals surface area contributed by atoms with Crippen LogP contribution in [-0.2, 0) is 6.18 Å². The number of urea groups is 1. The first-order chi connectivity index (χ1) is 13.4. The minimum absolute atomic E-state index is 0.0739. The molecule has 2 amide bonds. The number of halogens is 3. The van der Waals surface area contributed by atoms with Crippen molar-refractivity contribution >= 4 is 11.9 Å². The molecule has 0 aliphatic rings. The minimum atomic E-state index is -4.63. The normalized spacial score (nSPS) is 11.4. The molecule has 0 aliphatic carbocycles. The minimum Gasteiger partial charge on any atom is -0.338 e. The second kappa shape index (κ2) is 8.60. The zero-order valence-corrected chi connectivity index (χ0v) is 14.7. The van der Waals surface area contributed by atoms with Gasteiger partial charge in [-0.2, -0.15) is 13.2 Å². The van der Waals surface area contributed by atoms with Gasteiger partial charge < -0.3 is 9.84 Å². The summed E-state index contributed by atoms with van der Waals surface area (Å²) < 4.78 is 42.0. The van der Waals surface area contributed by atoms with Crippen molar-refractivity contribution in [2.45, 2.75) is 18.5 Å². The van der Waals surface area contributed by atoms with Crippen LogP contribution in [0.2, 0.25) is 0 Å². The van der Waals surface area contributed by atoms with E-state index in [2.05, 4.69) is 20.3 Å². The number of aromatic nitrogens is 1. The van der Waals surface area contributed by atoms with Gasteiger partial charge >= 0.3 is 12.2 Å². The maximum absolute atomic E-state index is 12.5. The lowest BCUT2D eigenvalue weighted by atomic mass is 9.88. The molecular formula is C20H18F3N3O2. The fourth-order valence-electron chi connectivity index (χ4n) is 2.85. The highest BCUT2D eigenvalue weighted by atomic mass is 19.4. The third-order valence-electron chi connectivity index (χ3n) is 4.16. The van der Waals surface area contributed by atoms with Gasteiger partial charge in [-0.1, -0.05) is 65.8 Å². The lowest BCUT2D eigenvalue weighted by molar-refractivity contribution is -0.142. The number of carbonyl (C=O) groups is 1. The number of nitrogens with zero attached hydrogens (tertiary/aromatic N) is 1. The first kappa shape index (κ1) is 19.5. The van der Waals surface area contributed by atoms with Crippen molar-refractivity contribution in [3.05, 3.63) is 83.6 Å². The van der Waals surface area contributed by atoms with Gasteiger partial charge in [0.1, 0.15) is 0 Å². The molecule has 0 saturated carbocycles. The van der Waals surface area contributed by atoms with E-state index in [1.807, 2.05) is 60.7 Å². The topological polar surface area (TPSA) is 67.2 Å². The molecular weight excluding hydrogens is 371 g/mol. The molecule has 0 aliphatic heterocycles. The van der Waals surface area contributed by atoms with Crippen molar-refractivity contribution in [3.8, 4) is 0 Å². The van der Waals surface area contributed by atoms with Crippen LogP contribution in [0.25, 0.3) is 0 Å². The average Bonchev–Trinajstić information content (AvgIpc) is 3.15. The van der Waals surface area contributed by atoms with E-state index in [1.54, 1.807) is 0 Å². The van der Waals surface area contributed by atoms with E-state index < -0.39 is 17.9 Å². The first-order valence-electron chi connectivity index (χ1n) is 8.62. The van der Waals surface area contributed by atoms with Crippen LogP contribution in [-0.4, -0.2) is 17.7 Å². The molecule has 0 radical (unpaired) electrons. The second-order valence-corrected chi connectivity index (χ2v) is 6.12. The lowest BCUT2D eigenvalue weighted by Gasteiger charge is -2.18. The summed E-state index contributed by atoms with van der Waals surface area (Å²) in [7, 11) is 0. The van der Waals surface area contributed by atoms with Gasteiger partial charge in [-0.25, -0.2) is 4.79 Å². The highest BCUT2D eigenvalue weighted by molar-refractivity contribution is 5.87. The zero-order valence-electron chi connectivity index (χ0n) is 14.7. The van der Waals surface area contributed by atoms with E-state index in [-0.39, 0.29) is 11.8 Å². The molecule has 0 bridgehead atoms. The van der Waals surface area contributed by atoms with Crippen LogP contribution in [0.15, 0.2) is 71.3 Å². The number of alkyl halides is 3. The van der Waals surface area contributed by atoms with Crippen LogP contribution in [0.5, 0.6) is 0 Å². The molecule has 5 nitrogen and oxygen atoms in total. The highest BCUT2D eigenvalue weighted by Gasteiger charge is 2.35. The Balaban J connectivity index is 1.58. The third-order valence-corrected chi connectivity index (χ3v) is 4.16. The van der Waals surface area contributed by atoms with Gasteiger partial charge in [-0.05, 0) is 17.5 Å². The summed E-state index contributed by atoms with van der Waals surface area (Å²) in [5, 5.41) is 7.72. The van der Waals surface area contributed by atoms with E-state index in [4.69, 9.17) is 0 Å². The van der Waals surface area contributed by atoms with Gasteiger partial charge in [0, 0.05) is 18.5 Å². The van der Waals surface area contributed by atoms with Crippen LogP contribution < -0.4 is 10.6 Å². The predicted molar refractivity (Wildman–Crippen MR) is 97.9 cm³/mol. The Hall–Kier alpha value is -3.29. The number of benzene rings is 2. The number of rotatable bonds is 6. The summed E-state index contributed by atoms with van der Waals surface area (Å²) >= 11 is 0. The summed E-state index contributed by atoms with van der Waals surface area (Å²) in [6.45, 7) is 0.320. The van der Waals surface area contributed by atoms with Crippen LogP contribution >= 0.6 is 0 Å². The Kier molecular flexibility index (Phi) is 5.98. The molecule has 0 spiro atoms. The van der Waals surface area contributed by atoms with Gasteiger partial charge in [-0.3, -0.25) is 5.32 Å². The molecule has 1 heterocycles. The number of anilines is 1. The van der Waals surface area contributed by atoms with Crippen LogP contribution in [0, 0.1) is 0 Å². The molecule has 2 N–H and O–H groups in total. The molecule has 2 aromatic carbocycles. The Morgan fingerprint density at radius 2 is 1.57 bits per heavy atom. The van der Waals surface area contributed by atoms with Crippen LogP contribution in [0.1, 0.15) is 29.2 Å². The van der Waals surface area contributed by atoms with Crippen molar-refractivity contribution in [1.29, 1.82) is 0 Å². The first-order valence-corrected chi connectivity index (χ1v) is 8.62. The van der Waals surface area contributed by atoms with Gasteiger partial charge in [0.25, 0.3) is 0 Å². The number of nitrogens with one attached hydrogen (secondary N) is 2. The van der Waals surface area contributed by atoms with Gasteiger partial charge in [0.2, 0.25) is 5.88 Å². The molecule has 1 aromatic heterocycles. The average molecular weight is 389 g/mol. The quantitative estimate of drug-likeness (QED) is 0.621. The molecule has 3 aromatic rings. The smallest absolute Gasteiger partial charge is 0.338 e. The molecule has 28 heavy (non-hydrogen) atoms.